The molecule has 0 radical (unpaired) electrons. The van der Waals surface area contributed by atoms with Crippen LogP contribution in [0, 0.1) is 10.1 Å². The van der Waals surface area contributed by atoms with Gasteiger partial charge < -0.3 is 10.1 Å². The van der Waals surface area contributed by atoms with E-state index in [0.717, 1.165) is 10.2 Å². The number of fused-ring (bicyclic) bond motifs is 1. The Bertz CT molecular complexity index is 1320. The first-order valence-corrected chi connectivity index (χ1v) is 10.3. The SMILES string of the molecule is O=C(NC(=O)c1ccccc1[N+](=O)[O-])Nc1ccc(Oc2nc3ccccc3s2)c(Cl)c1. The quantitative estimate of drug-likeness (QED) is 0.289. The Hall–Kier alpha value is -4.02. The number of hydrogen-bond donors (Lipinski definition) is 2. The van der Waals surface area contributed by atoms with Gasteiger partial charge in [0.25, 0.3) is 16.8 Å². The first-order valence-electron chi connectivity index (χ1n) is 9.09. The van der Waals surface area contributed by atoms with Crippen LogP contribution < -0.4 is 15.4 Å². The molecule has 0 aliphatic heterocycles. The number of imide groups is 1. The molecule has 0 atom stereocenters. The lowest BCUT2D eigenvalue weighted by molar-refractivity contribution is -0.385. The molecule has 4 rings (SSSR count). The highest BCUT2D eigenvalue weighted by Crippen LogP contribution is 2.35. The average Bonchev–Trinajstić information content (AvgIpc) is 3.18. The van der Waals surface area contributed by atoms with Gasteiger partial charge in [-0.1, -0.05) is 47.2 Å². The van der Waals surface area contributed by atoms with Crippen LogP contribution in [-0.4, -0.2) is 21.8 Å². The number of rotatable bonds is 5. The third kappa shape index (κ3) is 4.66. The third-order valence-electron chi connectivity index (χ3n) is 4.23. The second-order valence-electron chi connectivity index (χ2n) is 6.38. The lowest BCUT2D eigenvalue weighted by Crippen LogP contribution is -2.34. The Kier molecular flexibility index (Phi) is 5.97. The maximum Gasteiger partial charge on any atom is 0.326 e. The number of nitro benzene ring substituents is 1. The number of aromatic nitrogens is 1. The molecule has 0 unspecified atom stereocenters. The van der Waals surface area contributed by atoms with Crippen LogP contribution in [0.3, 0.4) is 0 Å². The minimum absolute atomic E-state index is 0.215. The average molecular weight is 469 g/mol. The van der Waals surface area contributed by atoms with Crippen molar-refractivity contribution < 1.29 is 19.2 Å². The van der Waals surface area contributed by atoms with Gasteiger partial charge in [0.05, 0.1) is 20.2 Å². The highest BCUT2D eigenvalue weighted by atomic mass is 35.5. The summed E-state index contributed by atoms with van der Waals surface area (Å²) < 4.78 is 6.71. The van der Waals surface area contributed by atoms with E-state index in [-0.39, 0.29) is 10.6 Å². The molecule has 0 aliphatic carbocycles. The fourth-order valence-electron chi connectivity index (χ4n) is 2.81. The van der Waals surface area contributed by atoms with Crippen molar-refractivity contribution >= 4 is 56.5 Å². The summed E-state index contributed by atoms with van der Waals surface area (Å²) in [4.78, 5) is 39.1. The Morgan fingerprint density at radius 2 is 1.81 bits per heavy atom. The molecule has 3 amide bonds. The second-order valence-corrected chi connectivity index (χ2v) is 7.78. The molecule has 1 heterocycles. The zero-order valence-corrected chi connectivity index (χ0v) is 17.6. The molecule has 0 spiro atoms. The van der Waals surface area contributed by atoms with Crippen molar-refractivity contribution in [1.82, 2.24) is 10.3 Å². The van der Waals surface area contributed by atoms with Crippen LogP contribution in [0.15, 0.2) is 66.7 Å². The Morgan fingerprint density at radius 3 is 2.56 bits per heavy atom. The number of nitro groups is 1. The van der Waals surface area contributed by atoms with E-state index in [1.54, 1.807) is 6.07 Å². The molecule has 0 fully saturated rings. The molecule has 4 aromatic rings. The molecule has 0 saturated heterocycles. The van der Waals surface area contributed by atoms with Gasteiger partial charge in [-0.05, 0) is 36.4 Å². The number of para-hydroxylation sites is 2. The minimum Gasteiger partial charge on any atom is -0.429 e. The van der Waals surface area contributed by atoms with Crippen molar-refractivity contribution in [1.29, 1.82) is 0 Å². The van der Waals surface area contributed by atoms with Crippen LogP contribution in [0.5, 0.6) is 10.9 Å². The molecule has 0 saturated carbocycles. The summed E-state index contributed by atoms with van der Waals surface area (Å²) in [6.07, 6.45) is 0. The number of benzene rings is 3. The number of anilines is 1. The third-order valence-corrected chi connectivity index (χ3v) is 5.44. The summed E-state index contributed by atoms with van der Waals surface area (Å²) in [6.45, 7) is 0. The number of thiazole rings is 1. The predicted octanol–water partition coefficient (Wildman–Crippen LogP) is 5.61. The first-order chi connectivity index (χ1) is 15.4. The molecule has 9 nitrogen and oxygen atoms in total. The number of amides is 3. The molecule has 2 N–H and O–H groups in total. The normalized spacial score (nSPS) is 10.5. The van der Waals surface area contributed by atoms with Crippen molar-refractivity contribution in [3.63, 3.8) is 0 Å². The maximum atomic E-state index is 12.2. The van der Waals surface area contributed by atoms with E-state index >= 15 is 0 Å². The zero-order chi connectivity index (χ0) is 22.7. The van der Waals surface area contributed by atoms with Crippen molar-refractivity contribution in [2.24, 2.45) is 0 Å². The van der Waals surface area contributed by atoms with E-state index in [2.05, 4.69) is 15.6 Å². The van der Waals surface area contributed by atoms with Gasteiger partial charge in [-0.2, -0.15) is 0 Å². The Morgan fingerprint density at radius 1 is 1.06 bits per heavy atom. The fraction of sp³-hybridized carbons (Fsp3) is 0. The van der Waals surface area contributed by atoms with E-state index in [1.165, 1.54) is 47.7 Å². The van der Waals surface area contributed by atoms with Crippen molar-refractivity contribution in [2.45, 2.75) is 0 Å². The largest absolute Gasteiger partial charge is 0.429 e. The molecule has 1 aromatic heterocycles. The van der Waals surface area contributed by atoms with Crippen LogP contribution in [0.25, 0.3) is 10.2 Å². The van der Waals surface area contributed by atoms with Gasteiger partial charge in [0.2, 0.25) is 0 Å². The summed E-state index contributed by atoms with van der Waals surface area (Å²) in [5.74, 6) is -0.565. The van der Waals surface area contributed by atoms with Crippen LogP contribution in [0.1, 0.15) is 10.4 Å². The standard InChI is InChI=1S/C21H13ClN4O5S/c22-14-11-12(9-10-17(14)31-21-24-15-6-2-4-8-18(15)32-21)23-20(28)25-19(27)13-5-1-3-7-16(13)26(29)30/h1-11H,(H2,23,25,27,28). The summed E-state index contributed by atoms with van der Waals surface area (Å²) >= 11 is 7.62. The van der Waals surface area contributed by atoms with E-state index < -0.39 is 22.5 Å². The van der Waals surface area contributed by atoms with Gasteiger partial charge >= 0.3 is 6.03 Å². The Labute approximate surface area is 189 Å². The fourth-order valence-corrected chi connectivity index (χ4v) is 3.86. The topological polar surface area (TPSA) is 123 Å². The van der Waals surface area contributed by atoms with Gasteiger partial charge in [0.15, 0.2) is 0 Å². The molecule has 11 heteroatoms. The maximum absolute atomic E-state index is 12.2. The van der Waals surface area contributed by atoms with Gasteiger partial charge in [-0.3, -0.25) is 20.2 Å². The van der Waals surface area contributed by atoms with E-state index in [1.807, 2.05) is 24.3 Å². The van der Waals surface area contributed by atoms with Crippen molar-refractivity contribution in [3.8, 4) is 10.9 Å². The molecule has 3 aromatic carbocycles. The number of hydrogen-bond acceptors (Lipinski definition) is 7. The molecule has 0 aliphatic rings. The van der Waals surface area contributed by atoms with E-state index in [0.29, 0.717) is 16.6 Å². The van der Waals surface area contributed by atoms with Gasteiger partial charge in [-0.15, -0.1) is 0 Å². The minimum atomic E-state index is -0.906. The lowest BCUT2D eigenvalue weighted by Gasteiger charge is -2.09. The number of nitrogens with zero attached hydrogens (tertiary/aromatic N) is 2. The van der Waals surface area contributed by atoms with Gasteiger partial charge in [0, 0.05) is 11.8 Å². The highest BCUT2D eigenvalue weighted by molar-refractivity contribution is 7.20. The van der Waals surface area contributed by atoms with Gasteiger partial charge in [0.1, 0.15) is 11.3 Å². The van der Waals surface area contributed by atoms with Crippen molar-refractivity contribution in [2.75, 3.05) is 5.32 Å². The monoisotopic (exact) mass is 468 g/mol. The molecule has 32 heavy (non-hydrogen) atoms. The number of carbonyl (C=O) groups is 2. The number of carbonyl (C=O) groups excluding carboxylic acids is 2. The lowest BCUT2D eigenvalue weighted by atomic mass is 10.1. The number of halogens is 1. The summed E-state index contributed by atoms with van der Waals surface area (Å²) in [5.41, 5.74) is 0.462. The molecule has 0 bridgehead atoms. The number of urea groups is 1. The highest BCUT2D eigenvalue weighted by Gasteiger charge is 2.21. The smallest absolute Gasteiger partial charge is 0.326 e. The Balaban J connectivity index is 1.42. The zero-order valence-electron chi connectivity index (χ0n) is 16.1. The van der Waals surface area contributed by atoms with Crippen LogP contribution in [0.4, 0.5) is 16.2 Å². The van der Waals surface area contributed by atoms with Crippen LogP contribution >= 0.6 is 22.9 Å². The van der Waals surface area contributed by atoms with Crippen molar-refractivity contribution in [3.05, 3.63) is 87.4 Å². The number of nitrogens with one attached hydrogen (secondary N) is 2. The molecular formula is C21H13ClN4O5S. The number of ether oxygens (including phenoxy) is 1. The van der Waals surface area contributed by atoms with Gasteiger partial charge in [-0.25, -0.2) is 9.78 Å². The van der Waals surface area contributed by atoms with E-state index in [9.17, 15) is 19.7 Å². The summed E-state index contributed by atoms with van der Waals surface area (Å²) in [6, 6.07) is 16.6. The van der Waals surface area contributed by atoms with Crippen LogP contribution in [-0.2, 0) is 0 Å². The van der Waals surface area contributed by atoms with Crippen LogP contribution in [0.2, 0.25) is 5.02 Å². The molecular weight excluding hydrogens is 456 g/mol. The molecule has 160 valence electrons. The predicted molar refractivity (Wildman–Crippen MR) is 121 cm³/mol. The summed E-state index contributed by atoms with van der Waals surface area (Å²) in [5, 5.41) is 16.2. The first kappa shape index (κ1) is 21.2. The summed E-state index contributed by atoms with van der Waals surface area (Å²) in [7, 11) is 0. The van der Waals surface area contributed by atoms with E-state index in [4.69, 9.17) is 16.3 Å². The second kappa shape index (κ2) is 9.00.